The van der Waals surface area contributed by atoms with Gasteiger partial charge in [0.25, 0.3) is 0 Å². The van der Waals surface area contributed by atoms with E-state index in [1.54, 1.807) is 6.07 Å². The van der Waals surface area contributed by atoms with Crippen LogP contribution in [-0.2, 0) is 4.74 Å². The van der Waals surface area contributed by atoms with Crippen molar-refractivity contribution in [2.75, 3.05) is 18.0 Å². The lowest BCUT2D eigenvalue weighted by atomic mass is 10.1. The summed E-state index contributed by atoms with van der Waals surface area (Å²) < 4.78 is 19.4. The predicted octanol–water partition coefficient (Wildman–Crippen LogP) is 3.03. The largest absolute Gasteiger partial charge is 0.371 e. The second-order valence-corrected chi connectivity index (χ2v) is 5.95. The summed E-state index contributed by atoms with van der Waals surface area (Å²) in [5, 5.41) is 0. The lowest BCUT2D eigenvalue weighted by molar-refractivity contribution is -0.0271. The van der Waals surface area contributed by atoms with Crippen LogP contribution < -0.4 is 4.90 Å². The van der Waals surface area contributed by atoms with Crippen molar-refractivity contribution in [3.63, 3.8) is 0 Å². The topological polar surface area (TPSA) is 29.5 Å². The number of carbonyl (C=O) groups is 1. The Hall–Kier alpha value is -1.42. The number of carbonyl (C=O) groups excluding carboxylic acids is 1. The molecule has 3 nitrogen and oxygen atoms in total. The molecule has 1 saturated heterocycles. The molecule has 0 radical (unpaired) electrons. The normalized spacial score (nSPS) is 26.6. The number of ether oxygens (including phenoxy) is 1. The standard InChI is InChI=1S/C16H20FNO2/c1-10-8-18(9-16(20-10)12-3-4-12)15-6-5-13(17)7-14(15)11(2)19/h5-7,10,12,16H,3-4,8-9H2,1-2H3/t10-,16-/m0/s1. The summed E-state index contributed by atoms with van der Waals surface area (Å²) in [6.07, 6.45) is 2.84. The van der Waals surface area contributed by atoms with Crippen LogP contribution in [-0.4, -0.2) is 31.1 Å². The number of ketones is 1. The summed E-state index contributed by atoms with van der Waals surface area (Å²) in [5.74, 6) is 0.196. The van der Waals surface area contributed by atoms with Crippen LogP contribution >= 0.6 is 0 Å². The molecular weight excluding hydrogens is 257 g/mol. The van der Waals surface area contributed by atoms with Crippen LogP contribution in [0, 0.1) is 11.7 Å². The third kappa shape index (κ3) is 2.70. The molecule has 4 heteroatoms. The minimum atomic E-state index is -0.362. The molecule has 0 spiro atoms. The Balaban J connectivity index is 1.89. The van der Waals surface area contributed by atoms with Crippen molar-refractivity contribution < 1.29 is 13.9 Å². The summed E-state index contributed by atoms with van der Waals surface area (Å²) in [6, 6.07) is 4.48. The second-order valence-electron chi connectivity index (χ2n) is 5.95. The fourth-order valence-corrected chi connectivity index (χ4v) is 2.98. The Morgan fingerprint density at radius 1 is 1.35 bits per heavy atom. The average Bonchev–Trinajstić information content (AvgIpc) is 3.22. The van der Waals surface area contributed by atoms with E-state index in [-0.39, 0.29) is 23.8 Å². The van der Waals surface area contributed by atoms with Crippen LogP contribution in [0.3, 0.4) is 0 Å². The van der Waals surface area contributed by atoms with Gasteiger partial charge in [0, 0.05) is 24.3 Å². The molecule has 2 atom stereocenters. The first-order valence-electron chi connectivity index (χ1n) is 7.25. The highest BCUT2D eigenvalue weighted by Crippen LogP contribution is 2.38. The van der Waals surface area contributed by atoms with Crippen LogP contribution in [0.2, 0.25) is 0 Å². The second kappa shape index (κ2) is 5.17. The average molecular weight is 277 g/mol. The molecule has 1 aromatic carbocycles. The van der Waals surface area contributed by atoms with E-state index in [1.165, 1.54) is 31.9 Å². The zero-order valence-electron chi connectivity index (χ0n) is 11.9. The van der Waals surface area contributed by atoms with Crippen LogP contribution in [0.5, 0.6) is 0 Å². The summed E-state index contributed by atoms with van der Waals surface area (Å²) in [5.41, 5.74) is 1.30. The number of halogens is 1. The van der Waals surface area contributed by atoms with Gasteiger partial charge in [-0.05, 0) is 50.8 Å². The highest BCUT2D eigenvalue weighted by Gasteiger charge is 2.37. The van der Waals surface area contributed by atoms with Crippen molar-refractivity contribution in [3.8, 4) is 0 Å². The molecule has 2 aliphatic rings. The first kappa shape index (κ1) is 13.6. The van der Waals surface area contributed by atoms with E-state index in [0.29, 0.717) is 11.5 Å². The van der Waals surface area contributed by atoms with Gasteiger partial charge >= 0.3 is 0 Å². The number of nitrogens with zero attached hydrogens (tertiary/aromatic N) is 1. The quantitative estimate of drug-likeness (QED) is 0.795. The van der Waals surface area contributed by atoms with Gasteiger partial charge in [-0.1, -0.05) is 0 Å². The minimum Gasteiger partial charge on any atom is -0.371 e. The van der Waals surface area contributed by atoms with Gasteiger partial charge in [0.05, 0.1) is 12.2 Å². The van der Waals surface area contributed by atoms with Gasteiger partial charge in [0.1, 0.15) is 5.82 Å². The van der Waals surface area contributed by atoms with Gasteiger partial charge in [0.15, 0.2) is 5.78 Å². The first-order chi connectivity index (χ1) is 9.54. The number of hydrogen-bond donors (Lipinski definition) is 0. The van der Waals surface area contributed by atoms with E-state index < -0.39 is 0 Å². The molecule has 108 valence electrons. The summed E-state index contributed by atoms with van der Waals surface area (Å²) >= 11 is 0. The minimum absolute atomic E-state index is 0.0957. The molecular formula is C16H20FNO2. The summed E-state index contributed by atoms with van der Waals surface area (Å²) in [4.78, 5) is 13.9. The van der Waals surface area contributed by atoms with Crippen molar-refractivity contribution in [2.24, 2.45) is 5.92 Å². The van der Waals surface area contributed by atoms with E-state index in [0.717, 1.165) is 18.8 Å². The van der Waals surface area contributed by atoms with Crippen LogP contribution in [0.4, 0.5) is 10.1 Å². The lowest BCUT2D eigenvalue weighted by Gasteiger charge is -2.39. The van der Waals surface area contributed by atoms with Gasteiger partial charge in [-0.2, -0.15) is 0 Å². The van der Waals surface area contributed by atoms with Crippen molar-refractivity contribution in [3.05, 3.63) is 29.6 Å². The van der Waals surface area contributed by atoms with Crippen LogP contribution in [0.15, 0.2) is 18.2 Å². The third-order valence-corrected chi connectivity index (χ3v) is 4.11. The van der Waals surface area contributed by atoms with Crippen molar-refractivity contribution in [1.29, 1.82) is 0 Å². The van der Waals surface area contributed by atoms with Gasteiger partial charge in [0.2, 0.25) is 0 Å². The molecule has 0 unspecified atom stereocenters. The monoisotopic (exact) mass is 277 g/mol. The number of rotatable bonds is 3. The molecule has 0 aromatic heterocycles. The Kier molecular flexibility index (Phi) is 3.50. The highest BCUT2D eigenvalue weighted by molar-refractivity contribution is 5.99. The number of Topliss-reactive ketones (excluding diaryl/α,β-unsaturated/α-hetero) is 1. The fraction of sp³-hybridized carbons (Fsp3) is 0.562. The van der Waals surface area contributed by atoms with Gasteiger partial charge < -0.3 is 9.64 Å². The Morgan fingerprint density at radius 2 is 2.10 bits per heavy atom. The predicted molar refractivity (Wildman–Crippen MR) is 75.7 cm³/mol. The molecule has 1 aliphatic carbocycles. The van der Waals surface area contributed by atoms with Crippen LogP contribution in [0.25, 0.3) is 0 Å². The first-order valence-corrected chi connectivity index (χ1v) is 7.25. The number of anilines is 1. The lowest BCUT2D eigenvalue weighted by Crippen LogP contribution is -2.48. The molecule has 1 saturated carbocycles. The van der Waals surface area contributed by atoms with Crippen LogP contribution in [0.1, 0.15) is 37.0 Å². The van der Waals surface area contributed by atoms with E-state index >= 15 is 0 Å². The van der Waals surface area contributed by atoms with E-state index in [1.807, 2.05) is 0 Å². The Morgan fingerprint density at radius 3 is 2.75 bits per heavy atom. The molecule has 2 fully saturated rings. The molecule has 0 bridgehead atoms. The van der Waals surface area contributed by atoms with Gasteiger partial charge in [-0.25, -0.2) is 4.39 Å². The van der Waals surface area contributed by atoms with E-state index in [4.69, 9.17) is 4.74 Å². The van der Waals surface area contributed by atoms with E-state index in [9.17, 15) is 9.18 Å². The maximum absolute atomic E-state index is 13.4. The van der Waals surface area contributed by atoms with Crippen molar-refractivity contribution in [2.45, 2.75) is 38.9 Å². The number of morpholine rings is 1. The molecule has 1 heterocycles. The molecule has 3 rings (SSSR count). The number of hydrogen-bond acceptors (Lipinski definition) is 3. The molecule has 1 aliphatic heterocycles. The molecule has 20 heavy (non-hydrogen) atoms. The molecule has 0 N–H and O–H groups in total. The van der Waals surface area contributed by atoms with Gasteiger partial charge in [-0.3, -0.25) is 4.79 Å². The van der Waals surface area contributed by atoms with Crippen molar-refractivity contribution in [1.82, 2.24) is 0 Å². The Labute approximate surface area is 118 Å². The maximum atomic E-state index is 13.4. The maximum Gasteiger partial charge on any atom is 0.161 e. The zero-order valence-corrected chi connectivity index (χ0v) is 11.9. The van der Waals surface area contributed by atoms with Crippen molar-refractivity contribution >= 4 is 11.5 Å². The molecule has 1 aromatic rings. The highest BCUT2D eigenvalue weighted by atomic mass is 19.1. The smallest absolute Gasteiger partial charge is 0.161 e. The fourth-order valence-electron chi connectivity index (χ4n) is 2.98. The summed E-state index contributed by atoms with van der Waals surface area (Å²) in [6.45, 7) is 5.08. The SMILES string of the molecule is CC(=O)c1cc(F)ccc1N1C[C@@H](C2CC2)O[C@@H](C)C1. The zero-order chi connectivity index (χ0) is 14.3. The Bertz CT molecular complexity index is 527. The van der Waals surface area contributed by atoms with Gasteiger partial charge in [-0.15, -0.1) is 0 Å². The summed E-state index contributed by atoms with van der Waals surface area (Å²) in [7, 11) is 0. The third-order valence-electron chi connectivity index (χ3n) is 4.11. The van der Waals surface area contributed by atoms with E-state index in [2.05, 4.69) is 11.8 Å². The number of benzene rings is 1. The molecule has 0 amide bonds.